The van der Waals surface area contributed by atoms with Crippen molar-refractivity contribution in [2.75, 3.05) is 19.6 Å². The molecule has 1 aromatic carbocycles. The largest absolute Gasteiger partial charge is 0.342 e. The molecular formula is C18H25ClN2O. The van der Waals surface area contributed by atoms with E-state index in [2.05, 4.69) is 36.1 Å². The maximum atomic E-state index is 12.9. The first-order valence-electron chi connectivity index (χ1n) is 8.15. The van der Waals surface area contributed by atoms with Crippen molar-refractivity contribution in [3.63, 3.8) is 0 Å². The molecule has 120 valence electrons. The van der Waals surface area contributed by atoms with Crippen molar-refractivity contribution >= 4 is 18.3 Å². The number of benzene rings is 1. The minimum Gasteiger partial charge on any atom is -0.342 e. The number of carbonyl (C=O) groups excluding carboxylic acids is 1. The first-order valence-corrected chi connectivity index (χ1v) is 8.15. The molecule has 1 aliphatic heterocycles. The van der Waals surface area contributed by atoms with Crippen LogP contribution in [0, 0.1) is 11.3 Å². The van der Waals surface area contributed by atoms with Gasteiger partial charge in [-0.3, -0.25) is 4.79 Å². The minimum atomic E-state index is 0. The zero-order chi connectivity index (χ0) is 14.7. The highest BCUT2D eigenvalue weighted by atomic mass is 35.5. The molecule has 22 heavy (non-hydrogen) atoms. The van der Waals surface area contributed by atoms with Gasteiger partial charge in [0, 0.05) is 24.4 Å². The summed E-state index contributed by atoms with van der Waals surface area (Å²) in [4.78, 5) is 14.9. The summed E-state index contributed by atoms with van der Waals surface area (Å²) >= 11 is 0. The van der Waals surface area contributed by atoms with Gasteiger partial charge in [0.2, 0.25) is 5.91 Å². The number of likely N-dealkylation sites (tertiary alicyclic amines) is 1. The van der Waals surface area contributed by atoms with Gasteiger partial charge in [0.15, 0.2) is 0 Å². The molecule has 1 saturated carbocycles. The summed E-state index contributed by atoms with van der Waals surface area (Å²) in [6.07, 6.45) is 4.40. The lowest BCUT2D eigenvalue weighted by Gasteiger charge is -2.23. The van der Waals surface area contributed by atoms with Crippen molar-refractivity contribution in [2.24, 2.45) is 17.1 Å². The molecule has 1 amide bonds. The van der Waals surface area contributed by atoms with Crippen LogP contribution in [0.2, 0.25) is 0 Å². The molecule has 1 spiro atoms. The molecule has 1 heterocycles. The van der Waals surface area contributed by atoms with Gasteiger partial charge in [-0.15, -0.1) is 12.4 Å². The first-order chi connectivity index (χ1) is 10.1. The Morgan fingerprint density at radius 1 is 1.36 bits per heavy atom. The summed E-state index contributed by atoms with van der Waals surface area (Å²) in [5.74, 6) is 0.602. The van der Waals surface area contributed by atoms with Crippen LogP contribution in [-0.4, -0.2) is 30.4 Å². The second-order valence-electron chi connectivity index (χ2n) is 7.59. The van der Waals surface area contributed by atoms with E-state index in [-0.39, 0.29) is 29.2 Å². The lowest BCUT2D eigenvalue weighted by Crippen LogP contribution is -2.36. The van der Waals surface area contributed by atoms with Gasteiger partial charge in [-0.25, -0.2) is 0 Å². The summed E-state index contributed by atoms with van der Waals surface area (Å²) < 4.78 is 0. The lowest BCUT2D eigenvalue weighted by molar-refractivity contribution is -0.132. The maximum Gasteiger partial charge on any atom is 0.226 e. The van der Waals surface area contributed by atoms with Gasteiger partial charge in [-0.1, -0.05) is 31.2 Å². The third-order valence-electron chi connectivity index (χ3n) is 6.13. The van der Waals surface area contributed by atoms with Crippen LogP contribution in [0.15, 0.2) is 24.3 Å². The fourth-order valence-electron chi connectivity index (χ4n) is 4.52. The zero-order valence-corrected chi connectivity index (χ0v) is 14.0. The van der Waals surface area contributed by atoms with Gasteiger partial charge in [0.1, 0.15) is 0 Å². The van der Waals surface area contributed by atoms with Crippen LogP contribution in [-0.2, 0) is 16.6 Å². The highest BCUT2D eigenvalue weighted by Gasteiger charge is 2.62. The highest BCUT2D eigenvalue weighted by Crippen LogP contribution is 2.62. The number of carbonyl (C=O) groups is 1. The molecule has 0 aromatic heterocycles. The van der Waals surface area contributed by atoms with Crippen LogP contribution in [0.4, 0.5) is 0 Å². The molecule has 0 radical (unpaired) electrons. The van der Waals surface area contributed by atoms with Gasteiger partial charge >= 0.3 is 0 Å². The Hall–Kier alpha value is -1.06. The quantitative estimate of drug-likeness (QED) is 0.910. The Morgan fingerprint density at radius 2 is 2.14 bits per heavy atom. The topological polar surface area (TPSA) is 46.3 Å². The number of nitrogens with zero attached hydrogens (tertiary/aromatic N) is 1. The Balaban J connectivity index is 0.00000144. The predicted molar refractivity (Wildman–Crippen MR) is 90.2 cm³/mol. The monoisotopic (exact) mass is 320 g/mol. The lowest BCUT2D eigenvalue weighted by atomic mass is 9.90. The Bertz CT molecular complexity index is 605. The summed E-state index contributed by atoms with van der Waals surface area (Å²) in [5, 5.41) is 0. The molecule has 2 aliphatic carbocycles. The van der Waals surface area contributed by atoms with E-state index in [9.17, 15) is 4.79 Å². The molecule has 2 N–H and O–H groups in total. The number of hydrogen-bond acceptors (Lipinski definition) is 2. The number of amides is 1. The summed E-state index contributed by atoms with van der Waals surface area (Å²) in [6, 6.07) is 8.70. The van der Waals surface area contributed by atoms with Crippen molar-refractivity contribution in [3.8, 4) is 0 Å². The van der Waals surface area contributed by atoms with Crippen LogP contribution in [0.3, 0.4) is 0 Å². The molecule has 1 aromatic rings. The second kappa shape index (κ2) is 5.24. The van der Waals surface area contributed by atoms with Crippen molar-refractivity contribution < 1.29 is 4.79 Å². The number of halogens is 1. The van der Waals surface area contributed by atoms with E-state index < -0.39 is 0 Å². The Morgan fingerprint density at radius 3 is 2.86 bits per heavy atom. The third kappa shape index (κ3) is 2.17. The van der Waals surface area contributed by atoms with Gasteiger partial charge in [0.05, 0.1) is 0 Å². The van der Waals surface area contributed by atoms with E-state index in [0.29, 0.717) is 12.5 Å². The predicted octanol–water partition coefficient (Wildman–Crippen LogP) is 2.51. The Labute approximate surface area is 138 Å². The SMILES string of the molecule is CC1(CN)CCN(C(=O)C2CC23CCc2ccccc23)C1.Cl. The summed E-state index contributed by atoms with van der Waals surface area (Å²) in [6.45, 7) is 4.61. The summed E-state index contributed by atoms with van der Waals surface area (Å²) in [5.41, 5.74) is 9.08. The molecule has 2 fully saturated rings. The average Bonchev–Trinajstić information content (AvgIpc) is 2.92. The normalized spacial score (nSPS) is 35.4. The number of fused-ring (bicyclic) bond motifs is 2. The van der Waals surface area contributed by atoms with Gasteiger partial charge in [-0.05, 0) is 48.8 Å². The van der Waals surface area contributed by atoms with Gasteiger partial charge in [-0.2, -0.15) is 0 Å². The molecule has 4 rings (SSSR count). The number of rotatable bonds is 2. The van der Waals surface area contributed by atoms with Gasteiger partial charge in [0.25, 0.3) is 0 Å². The van der Waals surface area contributed by atoms with E-state index >= 15 is 0 Å². The van der Waals surface area contributed by atoms with Crippen molar-refractivity contribution in [2.45, 2.75) is 38.0 Å². The zero-order valence-electron chi connectivity index (χ0n) is 13.2. The molecule has 3 aliphatic rings. The number of hydrogen-bond donors (Lipinski definition) is 1. The van der Waals surface area contributed by atoms with Crippen molar-refractivity contribution in [3.05, 3.63) is 35.4 Å². The van der Waals surface area contributed by atoms with Crippen molar-refractivity contribution in [1.29, 1.82) is 0 Å². The highest BCUT2D eigenvalue weighted by molar-refractivity contribution is 5.85. The van der Waals surface area contributed by atoms with Crippen LogP contribution in [0.1, 0.15) is 37.3 Å². The molecular weight excluding hydrogens is 296 g/mol. The number of nitrogens with two attached hydrogens (primary N) is 1. The summed E-state index contributed by atoms with van der Waals surface area (Å²) in [7, 11) is 0. The van der Waals surface area contributed by atoms with Crippen LogP contribution >= 0.6 is 12.4 Å². The van der Waals surface area contributed by atoms with E-state index in [4.69, 9.17) is 5.73 Å². The molecule has 4 heteroatoms. The van der Waals surface area contributed by atoms with Crippen LogP contribution in [0.5, 0.6) is 0 Å². The molecule has 3 unspecified atom stereocenters. The van der Waals surface area contributed by atoms with E-state index in [0.717, 1.165) is 38.8 Å². The number of aryl methyl sites for hydroxylation is 1. The van der Waals surface area contributed by atoms with Crippen LogP contribution in [0.25, 0.3) is 0 Å². The standard InChI is InChI=1S/C18H24N2O.ClH/c1-17(11-19)8-9-20(12-17)16(21)15-10-18(15)7-6-13-4-2-3-5-14(13)18;/h2-5,15H,6-12,19H2,1H3;1H. The smallest absolute Gasteiger partial charge is 0.226 e. The maximum absolute atomic E-state index is 12.9. The van der Waals surface area contributed by atoms with Crippen LogP contribution < -0.4 is 5.73 Å². The minimum absolute atomic E-state index is 0. The van der Waals surface area contributed by atoms with E-state index in [1.54, 1.807) is 0 Å². The third-order valence-corrected chi connectivity index (χ3v) is 6.13. The average molecular weight is 321 g/mol. The van der Waals surface area contributed by atoms with E-state index in [1.807, 2.05) is 0 Å². The fourth-order valence-corrected chi connectivity index (χ4v) is 4.52. The molecule has 0 bridgehead atoms. The molecule has 1 saturated heterocycles. The van der Waals surface area contributed by atoms with Gasteiger partial charge < -0.3 is 10.6 Å². The first kappa shape index (κ1) is 15.8. The molecule has 3 atom stereocenters. The van der Waals surface area contributed by atoms with Crippen molar-refractivity contribution in [1.82, 2.24) is 4.90 Å². The Kier molecular flexibility index (Phi) is 3.77. The second-order valence-corrected chi connectivity index (χ2v) is 7.59. The fraction of sp³-hybridized carbons (Fsp3) is 0.611. The van der Waals surface area contributed by atoms with E-state index in [1.165, 1.54) is 11.1 Å². The molecule has 3 nitrogen and oxygen atoms in total.